The van der Waals surface area contributed by atoms with E-state index in [1.165, 1.54) is 6.08 Å². The normalized spacial score (nSPS) is 25.1. The van der Waals surface area contributed by atoms with E-state index < -0.39 is 12.0 Å². The first-order chi connectivity index (χ1) is 13.6. The first kappa shape index (κ1) is 20.2. The molecule has 1 N–H and O–H groups in total. The second-order valence-corrected chi connectivity index (χ2v) is 7.62. The zero-order valence-corrected chi connectivity index (χ0v) is 16.0. The van der Waals surface area contributed by atoms with Gasteiger partial charge in [-0.1, -0.05) is 42.9 Å². The quantitative estimate of drug-likeness (QED) is 0.652. The van der Waals surface area contributed by atoms with Crippen LogP contribution in [0.5, 0.6) is 0 Å². The van der Waals surface area contributed by atoms with Gasteiger partial charge in [-0.25, -0.2) is 4.79 Å². The van der Waals surface area contributed by atoms with E-state index in [0.29, 0.717) is 12.0 Å². The Morgan fingerprint density at radius 1 is 1.29 bits per heavy atom. The van der Waals surface area contributed by atoms with Crippen molar-refractivity contribution in [3.8, 4) is 0 Å². The summed E-state index contributed by atoms with van der Waals surface area (Å²) in [6, 6.07) is -0.528. The number of allylic oxidation sites excluding steroid dienone is 7. The summed E-state index contributed by atoms with van der Waals surface area (Å²) in [6.45, 7) is 0.734. The number of ketones is 1. The molecule has 1 heterocycles. The Balaban J connectivity index is 1.84. The number of Topliss-reactive ketones (excluding diaryl/α,β-unsaturated/α-hetero) is 1. The third-order valence-electron chi connectivity index (χ3n) is 5.83. The van der Waals surface area contributed by atoms with Gasteiger partial charge in [-0.05, 0) is 44.2 Å². The average Bonchev–Trinajstić information content (AvgIpc) is 2.71. The van der Waals surface area contributed by atoms with Crippen LogP contribution in [0.25, 0.3) is 0 Å². The molecule has 1 fully saturated rings. The van der Waals surface area contributed by atoms with Crippen molar-refractivity contribution in [1.82, 2.24) is 4.90 Å². The molecular weight excluding hydrogens is 354 g/mol. The minimum Gasteiger partial charge on any atom is -0.481 e. The van der Waals surface area contributed by atoms with E-state index in [4.69, 9.17) is 5.11 Å². The Labute approximate surface area is 165 Å². The van der Waals surface area contributed by atoms with Crippen molar-refractivity contribution in [3.05, 3.63) is 53.7 Å². The molecule has 0 aromatic carbocycles. The van der Waals surface area contributed by atoms with Crippen molar-refractivity contribution in [2.45, 2.75) is 57.0 Å². The zero-order chi connectivity index (χ0) is 19.9. The predicted molar refractivity (Wildman–Crippen MR) is 107 cm³/mol. The van der Waals surface area contributed by atoms with Gasteiger partial charge in [0.15, 0.2) is 5.78 Å². The van der Waals surface area contributed by atoms with Gasteiger partial charge in [-0.2, -0.15) is 0 Å². The van der Waals surface area contributed by atoms with E-state index in [-0.39, 0.29) is 24.2 Å². The monoisotopic (exact) mass is 381 g/mol. The molecule has 3 rings (SSSR count). The number of fused-ring (bicyclic) bond motifs is 1. The van der Waals surface area contributed by atoms with E-state index in [1.807, 2.05) is 36.3 Å². The van der Waals surface area contributed by atoms with Crippen molar-refractivity contribution >= 4 is 17.7 Å². The molecule has 0 bridgehead atoms. The number of likely N-dealkylation sites (tertiary alicyclic amines) is 1. The molecular formula is C23H27NO4. The Morgan fingerprint density at radius 3 is 2.93 bits per heavy atom. The van der Waals surface area contributed by atoms with Crippen LogP contribution in [0.15, 0.2) is 53.7 Å². The molecule has 0 amide bonds. The van der Waals surface area contributed by atoms with Crippen molar-refractivity contribution < 1.29 is 19.5 Å². The highest BCUT2D eigenvalue weighted by Gasteiger charge is 2.34. The number of piperidine rings is 1. The highest BCUT2D eigenvalue weighted by atomic mass is 16.4. The average molecular weight is 381 g/mol. The minimum atomic E-state index is -0.801. The van der Waals surface area contributed by atoms with Gasteiger partial charge < -0.3 is 5.11 Å². The van der Waals surface area contributed by atoms with Crippen molar-refractivity contribution in [2.24, 2.45) is 5.92 Å². The highest BCUT2D eigenvalue weighted by Crippen LogP contribution is 2.33. The van der Waals surface area contributed by atoms with Crippen LogP contribution in [0.2, 0.25) is 0 Å². The van der Waals surface area contributed by atoms with Gasteiger partial charge in [0.1, 0.15) is 12.0 Å². The molecule has 148 valence electrons. The SMILES string of the molecule is O=C=CC(C(=O)C1=C2C=CC=CC2CC=C1)N1CCCCC1CCCC(=O)O. The van der Waals surface area contributed by atoms with Crippen molar-refractivity contribution in [1.29, 1.82) is 0 Å². The van der Waals surface area contributed by atoms with Gasteiger partial charge in [-0.3, -0.25) is 14.5 Å². The number of carbonyl (C=O) groups excluding carboxylic acids is 2. The van der Waals surface area contributed by atoms with Crippen LogP contribution >= 0.6 is 0 Å². The number of carboxylic acid groups (broad SMARTS) is 1. The van der Waals surface area contributed by atoms with E-state index in [1.54, 1.807) is 0 Å². The molecule has 1 aliphatic heterocycles. The molecule has 0 saturated carbocycles. The fraction of sp³-hybridized carbons (Fsp3) is 0.478. The van der Waals surface area contributed by atoms with Crippen LogP contribution in [0, 0.1) is 5.92 Å². The fourth-order valence-corrected chi connectivity index (χ4v) is 4.47. The zero-order valence-electron chi connectivity index (χ0n) is 16.0. The van der Waals surface area contributed by atoms with Crippen LogP contribution in [-0.2, 0) is 14.4 Å². The van der Waals surface area contributed by atoms with E-state index in [9.17, 15) is 14.4 Å². The van der Waals surface area contributed by atoms with Crippen molar-refractivity contribution in [3.63, 3.8) is 0 Å². The molecule has 3 atom stereocenters. The Kier molecular flexibility index (Phi) is 6.96. The number of carboxylic acids is 1. The summed E-state index contributed by atoms with van der Waals surface area (Å²) in [5, 5.41) is 8.92. The van der Waals surface area contributed by atoms with E-state index in [0.717, 1.165) is 44.2 Å². The van der Waals surface area contributed by atoms with Gasteiger partial charge in [0.25, 0.3) is 0 Å². The Hall–Kier alpha value is -2.49. The molecule has 0 aromatic heterocycles. The summed E-state index contributed by atoms with van der Waals surface area (Å²) in [5.41, 5.74) is 1.68. The Bertz CT molecular complexity index is 782. The largest absolute Gasteiger partial charge is 0.481 e. The number of carbonyl (C=O) groups is 2. The highest BCUT2D eigenvalue weighted by molar-refractivity contribution is 6.05. The van der Waals surface area contributed by atoms with Crippen LogP contribution in [0.4, 0.5) is 0 Å². The second-order valence-electron chi connectivity index (χ2n) is 7.62. The fourth-order valence-electron chi connectivity index (χ4n) is 4.47. The molecule has 1 saturated heterocycles. The van der Waals surface area contributed by atoms with Gasteiger partial charge in [0.05, 0.1) is 0 Å². The van der Waals surface area contributed by atoms with Crippen LogP contribution in [-0.4, -0.2) is 46.3 Å². The van der Waals surface area contributed by atoms with E-state index in [2.05, 4.69) is 11.0 Å². The molecule has 3 aliphatic rings. The molecule has 2 aliphatic carbocycles. The summed E-state index contributed by atoms with van der Waals surface area (Å²) in [6.07, 6.45) is 18.5. The molecule has 0 radical (unpaired) electrons. The maximum Gasteiger partial charge on any atom is 0.303 e. The summed E-state index contributed by atoms with van der Waals surface area (Å²) in [4.78, 5) is 37.6. The third kappa shape index (κ3) is 4.67. The number of hydrogen-bond acceptors (Lipinski definition) is 4. The van der Waals surface area contributed by atoms with Gasteiger partial charge in [0, 0.05) is 30.0 Å². The number of nitrogens with zero attached hydrogens (tertiary/aromatic N) is 1. The molecule has 5 nitrogen and oxygen atoms in total. The maximum atomic E-state index is 13.5. The molecule has 28 heavy (non-hydrogen) atoms. The lowest BCUT2D eigenvalue weighted by Gasteiger charge is -2.39. The predicted octanol–water partition coefficient (Wildman–Crippen LogP) is 3.42. The maximum absolute atomic E-state index is 13.5. The molecule has 3 unspecified atom stereocenters. The number of rotatable bonds is 8. The van der Waals surface area contributed by atoms with Crippen molar-refractivity contribution in [2.75, 3.05) is 6.54 Å². The smallest absolute Gasteiger partial charge is 0.303 e. The summed E-state index contributed by atoms with van der Waals surface area (Å²) < 4.78 is 0. The summed E-state index contributed by atoms with van der Waals surface area (Å²) >= 11 is 0. The standard InChI is InChI=1S/C23H27NO4/c25-16-14-21(24-15-4-3-9-18(24)10-6-13-22(26)27)23(28)20-12-5-8-17-7-1-2-11-19(17)20/h1-2,5,7,11-12,14,17-18,21H,3-4,6,8-10,13,15H2,(H,26,27). The van der Waals surface area contributed by atoms with Gasteiger partial charge in [-0.15, -0.1) is 0 Å². The molecule has 5 heteroatoms. The lowest BCUT2D eigenvalue weighted by atomic mass is 9.81. The summed E-state index contributed by atoms with van der Waals surface area (Å²) in [5.74, 6) is 1.19. The Morgan fingerprint density at radius 2 is 2.14 bits per heavy atom. The summed E-state index contributed by atoms with van der Waals surface area (Å²) in [7, 11) is 0. The number of hydrogen-bond donors (Lipinski definition) is 1. The third-order valence-corrected chi connectivity index (χ3v) is 5.83. The minimum absolute atomic E-state index is 0.0654. The van der Waals surface area contributed by atoms with Crippen LogP contribution < -0.4 is 0 Å². The van der Waals surface area contributed by atoms with E-state index >= 15 is 0 Å². The second kappa shape index (κ2) is 9.63. The topological polar surface area (TPSA) is 74.7 Å². The first-order valence-electron chi connectivity index (χ1n) is 10.1. The first-order valence-corrected chi connectivity index (χ1v) is 10.1. The van der Waals surface area contributed by atoms with Gasteiger partial charge in [0.2, 0.25) is 0 Å². The molecule has 0 aromatic rings. The number of aliphatic carboxylic acids is 1. The molecule has 0 spiro atoms. The van der Waals surface area contributed by atoms with Crippen LogP contribution in [0.3, 0.4) is 0 Å². The lowest BCUT2D eigenvalue weighted by molar-refractivity contribution is -0.137. The van der Waals surface area contributed by atoms with Gasteiger partial charge >= 0.3 is 5.97 Å². The van der Waals surface area contributed by atoms with Crippen LogP contribution in [0.1, 0.15) is 44.9 Å². The lowest BCUT2D eigenvalue weighted by Crippen LogP contribution is -2.49.